The van der Waals surface area contributed by atoms with E-state index in [1.54, 1.807) is 13.8 Å². The molecular formula is C9H19NO3S. The van der Waals surface area contributed by atoms with Crippen LogP contribution in [0.2, 0.25) is 0 Å². The Kier molecular flexibility index (Phi) is 2.96. The molecule has 0 bridgehead atoms. The van der Waals surface area contributed by atoms with E-state index in [1.807, 2.05) is 0 Å². The minimum absolute atomic E-state index is 0.125. The Morgan fingerprint density at radius 3 is 2.36 bits per heavy atom. The molecule has 1 rings (SSSR count). The van der Waals surface area contributed by atoms with E-state index in [9.17, 15) is 13.5 Å². The monoisotopic (exact) mass is 221 g/mol. The highest BCUT2D eigenvalue weighted by Crippen LogP contribution is 2.38. The minimum atomic E-state index is -2.93. The Bertz CT molecular complexity index is 305. The van der Waals surface area contributed by atoms with Crippen molar-refractivity contribution in [1.82, 2.24) is 0 Å². The van der Waals surface area contributed by atoms with Gasteiger partial charge in [-0.15, -0.1) is 0 Å². The van der Waals surface area contributed by atoms with Crippen LogP contribution in [0.3, 0.4) is 0 Å². The first kappa shape index (κ1) is 11.9. The summed E-state index contributed by atoms with van der Waals surface area (Å²) in [4.78, 5) is 0. The Hall–Kier alpha value is -0.130. The number of nitrogens with two attached hydrogens (primary N) is 1. The fourth-order valence-corrected chi connectivity index (χ4v) is 4.46. The zero-order chi connectivity index (χ0) is 11.0. The lowest BCUT2D eigenvalue weighted by Crippen LogP contribution is -2.39. The topological polar surface area (TPSA) is 80.4 Å². The lowest BCUT2D eigenvalue weighted by molar-refractivity contribution is 0.0310. The van der Waals surface area contributed by atoms with E-state index in [0.29, 0.717) is 19.4 Å². The van der Waals surface area contributed by atoms with Gasteiger partial charge in [0, 0.05) is 5.41 Å². The molecule has 5 heteroatoms. The largest absolute Gasteiger partial charge is 0.390 e. The van der Waals surface area contributed by atoms with Crippen molar-refractivity contribution in [1.29, 1.82) is 0 Å². The molecule has 0 spiro atoms. The van der Waals surface area contributed by atoms with Gasteiger partial charge in [-0.2, -0.15) is 0 Å². The van der Waals surface area contributed by atoms with Crippen molar-refractivity contribution in [2.75, 3.05) is 18.1 Å². The van der Waals surface area contributed by atoms with Gasteiger partial charge in [0.05, 0.1) is 17.1 Å². The van der Waals surface area contributed by atoms with Gasteiger partial charge in [0.15, 0.2) is 9.84 Å². The predicted molar refractivity (Wildman–Crippen MR) is 55.7 cm³/mol. The SMILES string of the molecule is CC(C)(O)CC1(CN)CCS(=O)(=O)C1. The molecule has 1 aliphatic rings. The van der Waals surface area contributed by atoms with E-state index in [-0.39, 0.29) is 11.5 Å². The first-order valence-electron chi connectivity index (χ1n) is 4.81. The van der Waals surface area contributed by atoms with Gasteiger partial charge in [0.25, 0.3) is 0 Å². The van der Waals surface area contributed by atoms with Crippen molar-refractivity contribution in [3.05, 3.63) is 0 Å². The Morgan fingerprint density at radius 1 is 1.50 bits per heavy atom. The Labute approximate surface area is 85.4 Å². The molecule has 0 aromatic rings. The number of sulfone groups is 1. The molecule has 1 aliphatic heterocycles. The van der Waals surface area contributed by atoms with Gasteiger partial charge in [0.1, 0.15) is 0 Å². The van der Waals surface area contributed by atoms with E-state index in [1.165, 1.54) is 0 Å². The van der Waals surface area contributed by atoms with Crippen molar-refractivity contribution in [3.8, 4) is 0 Å². The molecule has 0 aromatic carbocycles. The zero-order valence-corrected chi connectivity index (χ0v) is 9.60. The third kappa shape index (κ3) is 2.93. The van der Waals surface area contributed by atoms with Crippen LogP contribution in [0.25, 0.3) is 0 Å². The molecule has 1 saturated heterocycles. The maximum absolute atomic E-state index is 11.4. The van der Waals surface area contributed by atoms with Crippen LogP contribution in [0, 0.1) is 5.41 Å². The molecule has 0 saturated carbocycles. The highest BCUT2D eigenvalue weighted by Gasteiger charge is 2.43. The predicted octanol–water partition coefficient (Wildman–Crippen LogP) is -0.0890. The molecule has 0 radical (unpaired) electrons. The molecule has 1 heterocycles. The number of rotatable bonds is 3. The Morgan fingerprint density at radius 2 is 2.07 bits per heavy atom. The smallest absolute Gasteiger partial charge is 0.150 e. The maximum Gasteiger partial charge on any atom is 0.150 e. The van der Waals surface area contributed by atoms with Crippen molar-refractivity contribution in [3.63, 3.8) is 0 Å². The highest BCUT2D eigenvalue weighted by atomic mass is 32.2. The molecule has 0 aromatic heterocycles. The molecule has 1 atom stereocenters. The third-order valence-corrected chi connectivity index (χ3v) is 4.59. The standard InChI is InChI=1S/C9H19NO3S/c1-8(2,11)5-9(6-10)3-4-14(12,13)7-9/h11H,3-7,10H2,1-2H3. The molecule has 1 fully saturated rings. The number of hydrogen-bond acceptors (Lipinski definition) is 4. The number of hydrogen-bond donors (Lipinski definition) is 2. The lowest BCUT2D eigenvalue weighted by atomic mass is 9.78. The van der Waals surface area contributed by atoms with Crippen LogP contribution in [0.15, 0.2) is 0 Å². The van der Waals surface area contributed by atoms with Crippen LogP contribution in [0.4, 0.5) is 0 Å². The summed E-state index contributed by atoms with van der Waals surface area (Å²) in [5, 5.41) is 9.69. The second kappa shape index (κ2) is 3.47. The zero-order valence-electron chi connectivity index (χ0n) is 8.78. The van der Waals surface area contributed by atoms with Crippen molar-refractivity contribution < 1.29 is 13.5 Å². The van der Waals surface area contributed by atoms with Crippen LogP contribution in [-0.2, 0) is 9.84 Å². The highest BCUT2D eigenvalue weighted by molar-refractivity contribution is 7.91. The van der Waals surface area contributed by atoms with Gasteiger partial charge >= 0.3 is 0 Å². The normalized spacial score (nSPS) is 32.0. The quantitative estimate of drug-likeness (QED) is 0.698. The summed E-state index contributed by atoms with van der Waals surface area (Å²) in [6, 6.07) is 0. The summed E-state index contributed by atoms with van der Waals surface area (Å²) < 4.78 is 22.7. The van der Waals surface area contributed by atoms with E-state index in [0.717, 1.165) is 0 Å². The van der Waals surface area contributed by atoms with E-state index in [4.69, 9.17) is 5.73 Å². The summed E-state index contributed by atoms with van der Waals surface area (Å²) in [5.41, 5.74) is 4.37. The average Bonchev–Trinajstić information content (AvgIpc) is 2.24. The van der Waals surface area contributed by atoms with Gasteiger partial charge in [-0.05, 0) is 33.2 Å². The van der Waals surface area contributed by atoms with Crippen molar-refractivity contribution >= 4 is 9.84 Å². The molecular weight excluding hydrogens is 202 g/mol. The molecule has 0 amide bonds. The van der Waals surface area contributed by atoms with Gasteiger partial charge in [0.2, 0.25) is 0 Å². The van der Waals surface area contributed by atoms with Crippen molar-refractivity contribution in [2.24, 2.45) is 11.1 Å². The first-order chi connectivity index (χ1) is 6.18. The second-order valence-corrected chi connectivity index (χ2v) is 7.22. The molecule has 4 nitrogen and oxygen atoms in total. The van der Waals surface area contributed by atoms with E-state index >= 15 is 0 Å². The van der Waals surface area contributed by atoms with Crippen LogP contribution in [0.1, 0.15) is 26.7 Å². The first-order valence-corrected chi connectivity index (χ1v) is 6.63. The number of aliphatic hydroxyl groups is 1. The summed E-state index contributed by atoms with van der Waals surface area (Å²) in [6.45, 7) is 3.71. The lowest BCUT2D eigenvalue weighted by Gasteiger charge is -2.32. The van der Waals surface area contributed by atoms with E-state index in [2.05, 4.69) is 0 Å². The van der Waals surface area contributed by atoms with Gasteiger partial charge < -0.3 is 10.8 Å². The van der Waals surface area contributed by atoms with Gasteiger partial charge in [-0.3, -0.25) is 0 Å². The second-order valence-electron chi connectivity index (χ2n) is 5.04. The summed E-state index contributed by atoms with van der Waals surface area (Å²) in [5.74, 6) is 0.334. The molecule has 14 heavy (non-hydrogen) atoms. The summed E-state index contributed by atoms with van der Waals surface area (Å²) in [6.07, 6.45) is 1.03. The molecule has 1 unspecified atom stereocenters. The van der Waals surface area contributed by atoms with Crippen LogP contribution in [0.5, 0.6) is 0 Å². The van der Waals surface area contributed by atoms with Gasteiger partial charge in [-0.1, -0.05) is 0 Å². The van der Waals surface area contributed by atoms with Crippen molar-refractivity contribution in [2.45, 2.75) is 32.3 Å². The molecule has 3 N–H and O–H groups in total. The minimum Gasteiger partial charge on any atom is -0.390 e. The maximum atomic E-state index is 11.4. The average molecular weight is 221 g/mol. The molecule has 0 aliphatic carbocycles. The van der Waals surface area contributed by atoms with Crippen LogP contribution >= 0.6 is 0 Å². The summed E-state index contributed by atoms with van der Waals surface area (Å²) in [7, 11) is -2.93. The molecule has 84 valence electrons. The fourth-order valence-electron chi connectivity index (χ4n) is 2.27. The van der Waals surface area contributed by atoms with E-state index < -0.39 is 20.9 Å². The summed E-state index contributed by atoms with van der Waals surface area (Å²) >= 11 is 0. The van der Waals surface area contributed by atoms with Gasteiger partial charge in [-0.25, -0.2) is 8.42 Å². The fraction of sp³-hybridized carbons (Fsp3) is 1.00. The van der Waals surface area contributed by atoms with Crippen LogP contribution in [-0.4, -0.2) is 37.2 Å². The third-order valence-electron chi connectivity index (χ3n) is 2.71. The Balaban J connectivity index is 2.81. The van der Waals surface area contributed by atoms with Crippen LogP contribution < -0.4 is 5.73 Å².